The number of hydrogen-bond acceptors (Lipinski definition) is 6. The van der Waals surface area contributed by atoms with Gasteiger partial charge in [0.2, 0.25) is 11.8 Å². The highest BCUT2D eigenvalue weighted by atomic mass is 35.5. The van der Waals surface area contributed by atoms with Crippen LogP contribution in [0.3, 0.4) is 0 Å². The molecule has 8 nitrogen and oxygen atoms in total. The quantitative estimate of drug-likeness (QED) is 0.711. The van der Waals surface area contributed by atoms with Crippen LogP contribution >= 0.6 is 23.2 Å². The topological polar surface area (TPSA) is 126 Å². The Morgan fingerprint density at radius 3 is 1.11 bits per heavy atom. The van der Waals surface area contributed by atoms with Gasteiger partial charge in [0.15, 0.2) is 0 Å². The molecular formula is C16H16Cl2N2O6S2. The molecular weight excluding hydrogens is 451 g/mol. The molecule has 0 radical (unpaired) electrons. The van der Waals surface area contributed by atoms with Crippen molar-refractivity contribution in [1.29, 1.82) is 0 Å². The van der Waals surface area contributed by atoms with Crippen LogP contribution in [-0.2, 0) is 29.6 Å². The molecule has 0 aliphatic carbocycles. The molecule has 0 unspecified atom stereocenters. The van der Waals surface area contributed by atoms with Gasteiger partial charge in [-0.3, -0.25) is 9.59 Å². The summed E-state index contributed by atoms with van der Waals surface area (Å²) >= 11 is 11.2. The Balaban J connectivity index is 0.000000280. The molecule has 28 heavy (non-hydrogen) atoms. The minimum Gasteiger partial charge on any atom is -0.274 e. The summed E-state index contributed by atoms with van der Waals surface area (Å²) in [6, 6.07) is 11.1. The van der Waals surface area contributed by atoms with Crippen molar-refractivity contribution in [3.05, 3.63) is 58.6 Å². The predicted octanol–water partition coefficient (Wildman–Crippen LogP) is 2.33. The molecule has 0 saturated heterocycles. The van der Waals surface area contributed by atoms with E-state index in [9.17, 15) is 26.4 Å². The van der Waals surface area contributed by atoms with Crippen LogP contribution in [0.1, 0.15) is 13.8 Å². The molecule has 0 aliphatic rings. The maximum absolute atomic E-state index is 11.4. The highest BCUT2D eigenvalue weighted by molar-refractivity contribution is 7.90. The Kier molecular flexibility index (Phi) is 8.43. The van der Waals surface area contributed by atoms with Gasteiger partial charge in [-0.15, -0.1) is 0 Å². The average Bonchev–Trinajstić information content (AvgIpc) is 2.54. The molecule has 2 N–H and O–H groups in total. The van der Waals surface area contributed by atoms with E-state index in [1.807, 2.05) is 9.44 Å². The first kappa shape index (κ1) is 23.9. The van der Waals surface area contributed by atoms with Gasteiger partial charge in [0.25, 0.3) is 20.0 Å². The minimum atomic E-state index is -3.73. The van der Waals surface area contributed by atoms with Gasteiger partial charge in [-0.25, -0.2) is 26.3 Å². The van der Waals surface area contributed by atoms with Gasteiger partial charge in [0, 0.05) is 23.9 Å². The number of sulfonamides is 2. The maximum atomic E-state index is 11.4. The molecule has 0 heterocycles. The SMILES string of the molecule is CC(=O)NS(=O)(=O)c1ccc(Cl)cc1.CC(=O)NS(=O)(=O)c1ccc(Cl)cc1. The second kappa shape index (κ2) is 9.87. The van der Waals surface area contributed by atoms with Crippen molar-refractivity contribution in [2.45, 2.75) is 23.6 Å². The lowest BCUT2D eigenvalue weighted by Gasteiger charge is -2.03. The summed E-state index contributed by atoms with van der Waals surface area (Å²) in [5.41, 5.74) is 0. The summed E-state index contributed by atoms with van der Waals surface area (Å²) in [5, 5.41) is 0.874. The largest absolute Gasteiger partial charge is 0.274 e. The number of nitrogens with one attached hydrogen (secondary N) is 2. The summed E-state index contributed by atoms with van der Waals surface area (Å²) < 4.78 is 49.2. The van der Waals surface area contributed by atoms with E-state index in [1.165, 1.54) is 48.5 Å². The third kappa shape index (κ3) is 7.85. The van der Waals surface area contributed by atoms with Crippen LogP contribution in [0.4, 0.5) is 0 Å². The lowest BCUT2D eigenvalue weighted by molar-refractivity contribution is -0.118. The fraction of sp³-hybridized carbons (Fsp3) is 0.125. The standard InChI is InChI=1S/2C8H8ClNO3S/c2*1-6(11)10-14(12,13)8-4-2-7(9)3-5-8/h2*2-5H,1H3,(H,10,11). The average molecular weight is 467 g/mol. The van der Waals surface area contributed by atoms with Crippen molar-refractivity contribution in [3.8, 4) is 0 Å². The second-order valence-electron chi connectivity index (χ2n) is 5.23. The van der Waals surface area contributed by atoms with E-state index < -0.39 is 31.9 Å². The summed E-state index contributed by atoms with van der Waals surface area (Å²) in [5.74, 6) is -1.25. The van der Waals surface area contributed by atoms with Crippen LogP contribution in [0.25, 0.3) is 0 Å². The molecule has 0 fully saturated rings. The van der Waals surface area contributed by atoms with Crippen molar-refractivity contribution in [3.63, 3.8) is 0 Å². The van der Waals surface area contributed by atoms with Crippen LogP contribution in [0, 0.1) is 0 Å². The molecule has 0 bridgehead atoms. The van der Waals surface area contributed by atoms with E-state index in [2.05, 4.69) is 0 Å². The molecule has 0 saturated carbocycles. The number of carbonyl (C=O) groups is 2. The van der Waals surface area contributed by atoms with Gasteiger partial charge in [0.1, 0.15) is 0 Å². The molecule has 0 spiro atoms. The first-order valence-corrected chi connectivity index (χ1v) is 11.1. The van der Waals surface area contributed by atoms with Crippen molar-refractivity contribution >= 4 is 55.1 Å². The zero-order valence-electron chi connectivity index (χ0n) is 14.6. The molecule has 0 atom stereocenters. The van der Waals surface area contributed by atoms with E-state index in [-0.39, 0.29) is 9.79 Å². The number of rotatable bonds is 4. The van der Waals surface area contributed by atoms with E-state index in [1.54, 1.807) is 0 Å². The maximum Gasteiger partial charge on any atom is 0.264 e. The van der Waals surface area contributed by atoms with Crippen LogP contribution < -0.4 is 9.44 Å². The predicted molar refractivity (Wildman–Crippen MR) is 105 cm³/mol. The number of amides is 2. The molecule has 12 heteroatoms. The van der Waals surface area contributed by atoms with Crippen molar-refractivity contribution in [2.24, 2.45) is 0 Å². The second-order valence-corrected chi connectivity index (χ2v) is 9.47. The Bertz CT molecular complexity index is 964. The van der Waals surface area contributed by atoms with E-state index in [4.69, 9.17) is 23.2 Å². The Labute approximate surface area is 173 Å². The highest BCUT2D eigenvalue weighted by Gasteiger charge is 2.15. The van der Waals surface area contributed by atoms with E-state index in [0.29, 0.717) is 10.0 Å². The Hall–Kier alpha value is -2.14. The molecule has 0 aliphatic heterocycles. The highest BCUT2D eigenvalue weighted by Crippen LogP contribution is 2.14. The van der Waals surface area contributed by atoms with Gasteiger partial charge >= 0.3 is 0 Å². The van der Waals surface area contributed by atoms with Crippen LogP contribution in [-0.4, -0.2) is 28.6 Å². The van der Waals surface area contributed by atoms with Gasteiger partial charge in [-0.05, 0) is 48.5 Å². The molecule has 0 aromatic heterocycles. The minimum absolute atomic E-state index is 0.0112. The Morgan fingerprint density at radius 2 is 0.893 bits per heavy atom. The fourth-order valence-electron chi connectivity index (χ4n) is 1.72. The number of carbonyl (C=O) groups excluding carboxylic acids is 2. The van der Waals surface area contributed by atoms with Crippen LogP contribution in [0.15, 0.2) is 58.3 Å². The Morgan fingerprint density at radius 1 is 0.643 bits per heavy atom. The molecule has 2 aromatic carbocycles. The van der Waals surface area contributed by atoms with E-state index in [0.717, 1.165) is 13.8 Å². The van der Waals surface area contributed by atoms with Crippen molar-refractivity contribution in [2.75, 3.05) is 0 Å². The van der Waals surface area contributed by atoms with Gasteiger partial charge < -0.3 is 0 Å². The number of benzene rings is 2. The lowest BCUT2D eigenvalue weighted by Crippen LogP contribution is -2.28. The van der Waals surface area contributed by atoms with E-state index >= 15 is 0 Å². The molecule has 152 valence electrons. The molecule has 2 rings (SSSR count). The molecule has 2 amide bonds. The normalized spacial score (nSPS) is 11.0. The third-order valence-corrected chi connectivity index (χ3v) is 6.21. The summed E-state index contributed by atoms with van der Waals surface area (Å²) in [6.45, 7) is 2.26. The first-order valence-electron chi connectivity index (χ1n) is 7.41. The zero-order chi connectivity index (χ0) is 21.5. The van der Waals surface area contributed by atoms with Gasteiger partial charge in [-0.1, -0.05) is 23.2 Å². The number of hydrogen-bond donors (Lipinski definition) is 2. The van der Waals surface area contributed by atoms with Gasteiger partial charge in [0.05, 0.1) is 9.79 Å². The smallest absolute Gasteiger partial charge is 0.264 e. The first-order chi connectivity index (χ1) is 12.8. The summed E-state index contributed by atoms with van der Waals surface area (Å²) in [4.78, 5) is 21.2. The van der Waals surface area contributed by atoms with Crippen molar-refractivity contribution in [1.82, 2.24) is 9.44 Å². The zero-order valence-corrected chi connectivity index (χ0v) is 17.8. The van der Waals surface area contributed by atoms with Crippen LogP contribution in [0.2, 0.25) is 10.0 Å². The van der Waals surface area contributed by atoms with Crippen molar-refractivity contribution < 1.29 is 26.4 Å². The summed E-state index contributed by atoms with van der Waals surface area (Å²) in [6.07, 6.45) is 0. The monoisotopic (exact) mass is 466 g/mol. The lowest BCUT2D eigenvalue weighted by atomic mass is 10.4. The van der Waals surface area contributed by atoms with Gasteiger partial charge in [-0.2, -0.15) is 0 Å². The third-order valence-electron chi connectivity index (χ3n) is 2.80. The number of halogens is 2. The van der Waals surface area contributed by atoms with Crippen LogP contribution in [0.5, 0.6) is 0 Å². The molecule has 2 aromatic rings. The summed E-state index contributed by atoms with van der Waals surface area (Å²) in [7, 11) is -7.47. The fourth-order valence-corrected chi connectivity index (χ4v) is 3.96.